The predicted molar refractivity (Wildman–Crippen MR) is 114 cm³/mol. The SMILES string of the molecule is Nc1c(S(=O)(=O)N=O)cc(Nc2cccc(OC(F)(F)F)c2)c2c1C(=O)c1ccccc1C2=O. The molecule has 3 N–H and O–H groups in total. The molecule has 3 aromatic rings. The summed E-state index contributed by atoms with van der Waals surface area (Å²) in [5, 5.41) is 2.62. The molecule has 0 radical (unpaired) electrons. The van der Waals surface area contributed by atoms with Gasteiger partial charge in [-0.05, 0) is 18.2 Å². The van der Waals surface area contributed by atoms with Crippen LogP contribution in [0.1, 0.15) is 31.8 Å². The highest BCUT2D eigenvalue weighted by Crippen LogP contribution is 2.40. The fourth-order valence-corrected chi connectivity index (χ4v) is 4.30. The number of benzene rings is 3. The van der Waals surface area contributed by atoms with Gasteiger partial charge in [0.25, 0.3) is 0 Å². The number of halogens is 3. The van der Waals surface area contributed by atoms with Crippen molar-refractivity contribution >= 4 is 38.7 Å². The van der Waals surface area contributed by atoms with Crippen LogP contribution < -0.4 is 15.8 Å². The minimum Gasteiger partial charge on any atom is -0.406 e. The lowest BCUT2D eigenvalue weighted by molar-refractivity contribution is -0.274. The first-order chi connectivity index (χ1) is 15.9. The summed E-state index contributed by atoms with van der Waals surface area (Å²) in [5.41, 5.74) is 4.12. The van der Waals surface area contributed by atoms with Crippen molar-refractivity contribution in [2.24, 2.45) is 4.58 Å². The molecule has 0 amide bonds. The number of nitrogens with zero attached hydrogens (tertiary/aromatic N) is 1. The smallest absolute Gasteiger partial charge is 0.406 e. The van der Waals surface area contributed by atoms with E-state index in [0.29, 0.717) is 0 Å². The average molecular weight is 491 g/mol. The van der Waals surface area contributed by atoms with Gasteiger partial charge in [0, 0.05) is 22.9 Å². The van der Waals surface area contributed by atoms with Crippen LogP contribution in [0.25, 0.3) is 0 Å². The molecular weight excluding hydrogens is 479 g/mol. The Morgan fingerprint density at radius 2 is 1.53 bits per heavy atom. The molecule has 0 aromatic heterocycles. The van der Waals surface area contributed by atoms with Crippen LogP contribution in [0.2, 0.25) is 0 Å². The van der Waals surface area contributed by atoms with Crippen LogP contribution in [0, 0.1) is 4.91 Å². The van der Waals surface area contributed by atoms with Gasteiger partial charge in [0.1, 0.15) is 10.6 Å². The van der Waals surface area contributed by atoms with Crippen molar-refractivity contribution in [3.63, 3.8) is 0 Å². The summed E-state index contributed by atoms with van der Waals surface area (Å²) < 4.78 is 68.1. The molecule has 0 unspecified atom stereocenters. The molecule has 34 heavy (non-hydrogen) atoms. The van der Waals surface area contributed by atoms with Gasteiger partial charge in [-0.3, -0.25) is 9.59 Å². The summed E-state index contributed by atoms with van der Waals surface area (Å²) in [6, 6.07) is 11.0. The fraction of sp³-hybridized carbons (Fsp3) is 0.0476. The maximum atomic E-state index is 13.2. The highest BCUT2D eigenvalue weighted by molar-refractivity contribution is 7.90. The number of sulfonamides is 1. The zero-order valence-electron chi connectivity index (χ0n) is 16.7. The third-order valence-electron chi connectivity index (χ3n) is 4.92. The molecule has 4 rings (SSSR count). The zero-order valence-corrected chi connectivity index (χ0v) is 17.5. The molecule has 0 saturated carbocycles. The maximum Gasteiger partial charge on any atom is 0.573 e. The molecule has 3 aromatic carbocycles. The Morgan fingerprint density at radius 1 is 0.912 bits per heavy atom. The van der Waals surface area contributed by atoms with E-state index in [1.54, 1.807) is 0 Å². The minimum atomic E-state index is -4.97. The summed E-state index contributed by atoms with van der Waals surface area (Å²) in [7, 11) is -4.86. The van der Waals surface area contributed by atoms with E-state index < -0.39 is 49.8 Å². The summed E-state index contributed by atoms with van der Waals surface area (Å²) >= 11 is 0. The van der Waals surface area contributed by atoms with Crippen LogP contribution in [0.15, 0.2) is 64.1 Å². The predicted octanol–water partition coefficient (Wildman–Crippen LogP) is 4.14. The van der Waals surface area contributed by atoms with Gasteiger partial charge in [-0.2, -0.15) is 8.42 Å². The zero-order chi connectivity index (χ0) is 24.8. The number of nitrogens with two attached hydrogens (primary N) is 1. The average Bonchev–Trinajstić information content (AvgIpc) is 2.77. The molecular formula is C21H12F3N3O6S. The monoisotopic (exact) mass is 491 g/mol. The minimum absolute atomic E-state index is 0.0146. The van der Waals surface area contributed by atoms with Crippen molar-refractivity contribution < 1.29 is 35.9 Å². The van der Waals surface area contributed by atoms with Crippen molar-refractivity contribution in [3.05, 3.63) is 81.8 Å². The van der Waals surface area contributed by atoms with E-state index in [9.17, 15) is 36.1 Å². The third-order valence-corrected chi connectivity index (χ3v) is 6.01. The van der Waals surface area contributed by atoms with Crippen LogP contribution in [-0.2, 0) is 10.0 Å². The highest BCUT2D eigenvalue weighted by atomic mass is 32.2. The number of ether oxygens (including phenoxy) is 1. The molecule has 0 fully saturated rings. The van der Waals surface area contributed by atoms with Gasteiger partial charge in [0.15, 0.2) is 11.6 Å². The lowest BCUT2D eigenvalue weighted by Gasteiger charge is -2.23. The highest BCUT2D eigenvalue weighted by Gasteiger charge is 2.37. The standard InChI is InChI=1S/C21H12F3N3O6S/c22-21(23,24)33-11-5-3-4-10(8-11)26-14-9-15(34(31,32)27-30)18(25)17-16(14)19(28)12-6-1-2-7-13(12)20(17)29/h1-9,26H,25H2. The number of nitroso groups, excluding NO2 is 1. The number of rotatable bonds is 5. The van der Waals surface area contributed by atoms with Crippen LogP contribution in [-0.4, -0.2) is 26.3 Å². The van der Waals surface area contributed by atoms with Crippen molar-refractivity contribution in [2.75, 3.05) is 11.1 Å². The van der Waals surface area contributed by atoms with Gasteiger partial charge < -0.3 is 15.8 Å². The molecule has 1 aliphatic rings. The van der Waals surface area contributed by atoms with Crippen LogP contribution in [0.4, 0.5) is 30.2 Å². The third kappa shape index (κ3) is 3.96. The van der Waals surface area contributed by atoms with E-state index in [0.717, 1.165) is 18.2 Å². The van der Waals surface area contributed by atoms with Crippen LogP contribution in [0.3, 0.4) is 0 Å². The van der Waals surface area contributed by atoms with Crippen molar-refractivity contribution in [2.45, 2.75) is 11.3 Å². The quantitative estimate of drug-likeness (QED) is 0.313. The van der Waals surface area contributed by atoms with Crippen molar-refractivity contribution in [3.8, 4) is 5.75 Å². The lowest BCUT2D eigenvalue weighted by Crippen LogP contribution is -2.25. The number of nitrogens with one attached hydrogen (secondary N) is 1. The second-order valence-corrected chi connectivity index (χ2v) is 8.58. The number of hydrogen-bond donors (Lipinski definition) is 2. The maximum absolute atomic E-state index is 13.2. The first-order valence-electron chi connectivity index (χ1n) is 9.30. The molecule has 0 atom stereocenters. The molecule has 174 valence electrons. The number of anilines is 3. The van der Waals surface area contributed by atoms with Crippen molar-refractivity contribution in [1.29, 1.82) is 0 Å². The molecule has 9 nitrogen and oxygen atoms in total. The van der Waals surface area contributed by atoms with Gasteiger partial charge in [-0.15, -0.1) is 18.1 Å². The van der Waals surface area contributed by atoms with E-state index in [1.165, 1.54) is 36.4 Å². The topological polar surface area (TPSA) is 145 Å². The molecule has 0 bridgehead atoms. The van der Waals surface area contributed by atoms with Gasteiger partial charge in [0.2, 0.25) is 0 Å². The lowest BCUT2D eigenvalue weighted by atomic mass is 9.82. The number of hydrogen-bond acceptors (Lipinski definition) is 8. The second-order valence-electron chi connectivity index (χ2n) is 7.04. The number of fused-ring (bicyclic) bond motifs is 2. The van der Waals surface area contributed by atoms with E-state index in [-0.39, 0.29) is 28.1 Å². The Kier molecular flexibility index (Phi) is 5.36. The number of nitrogen functional groups attached to an aromatic ring is 1. The number of alkyl halides is 3. The first-order valence-corrected chi connectivity index (χ1v) is 10.7. The van der Waals surface area contributed by atoms with Crippen LogP contribution >= 0.6 is 0 Å². The van der Waals surface area contributed by atoms with E-state index in [4.69, 9.17) is 5.73 Å². The van der Waals surface area contributed by atoms with Gasteiger partial charge in [0.05, 0.1) is 27.1 Å². The summed E-state index contributed by atoms with van der Waals surface area (Å²) in [6.07, 6.45) is -4.97. The Morgan fingerprint density at radius 3 is 2.12 bits per heavy atom. The molecule has 1 aliphatic carbocycles. The number of carbonyl (C=O) groups excluding carboxylic acids is 2. The summed E-state index contributed by atoms with van der Waals surface area (Å²) in [4.78, 5) is 36.5. The normalized spacial score (nSPS) is 13.1. The Balaban J connectivity index is 1.94. The van der Waals surface area contributed by atoms with Gasteiger partial charge in [-0.1, -0.05) is 30.3 Å². The van der Waals surface area contributed by atoms with E-state index >= 15 is 0 Å². The Hall–Kier alpha value is -4.26. The summed E-state index contributed by atoms with van der Waals surface area (Å²) in [6.45, 7) is 0. The molecule has 13 heteroatoms. The Bertz CT molecular complexity index is 1490. The molecule has 0 saturated heterocycles. The van der Waals surface area contributed by atoms with E-state index in [2.05, 4.69) is 14.6 Å². The molecule has 0 heterocycles. The van der Waals surface area contributed by atoms with Gasteiger partial charge >= 0.3 is 16.4 Å². The Labute approximate surface area is 189 Å². The van der Waals surface area contributed by atoms with Crippen molar-refractivity contribution in [1.82, 2.24) is 0 Å². The van der Waals surface area contributed by atoms with Crippen LogP contribution in [0.5, 0.6) is 5.75 Å². The fourth-order valence-electron chi connectivity index (χ4n) is 3.57. The van der Waals surface area contributed by atoms with E-state index in [1.807, 2.05) is 0 Å². The van der Waals surface area contributed by atoms with Gasteiger partial charge in [-0.25, -0.2) is 0 Å². The number of ketones is 2. The number of carbonyl (C=O) groups is 2. The largest absolute Gasteiger partial charge is 0.573 e. The molecule has 0 aliphatic heterocycles. The second kappa shape index (κ2) is 7.95. The first kappa shape index (κ1) is 22.9. The molecule has 0 spiro atoms. The summed E-state index contributed by atoms with van der Waals surface area (Å²) in [5.74, 6) is -2.06.